The van der Waals surface area contributed by atoms with Crippen molar-refractivity contribution in [2.45, 2.75) is 45.1 Å². The van der Waals surface area contributed by atoms with Crippen LogP contribution < -0.4 is 16.0 Å². The molecule has 0 unspecified atom stereocenters. The summed E-state index contributed by atoms with van der Waals surface area (Å²) in [7, 11) is 1.93. The van der Waals surface area contributed by atoms with Crippen LogP contribution in [-0.4, -0.2) is 7.05 Å². The van der Waals surface area contributed by atoms with Crippen LogP contribution in [0.2, 0.25) is 0 Å². The second-order valence-electron chi connectivity index (χ2n) is 7.22. The lowest BCUT2D eigenvalue weighted by molar-refractivity contribution is 0.534. The molecule has 1 aliphatic carbocycles. The van der Waals surface area contributed by atoms with Crippen LogP contribution in [0.5, 0.6) is 0 Å². The summed E-state index contributed by atoms with van der Waals surface area (Å²) in [5.41, 5.74) is 5.85. The molecule has 3 nitrogen and oxygen atoms in total. The van der Waals surface area contributed by atoms with E-state index in [-0.39, 0.29) is 0 Å². The monoisotopic (exact) mass is 349 g/mol. The van der Waals surface area contributed by atoms with Gasteiger partial charge < -0.3 is 16.0 Å². The molecule has 3 heteroatoms. The van der Waals surface area contributed by atoms with E-state index in [4.69, 9.17) is 0 Å². The summed E-state index contributed by atoms with van der Waals surface area (Å²) >= 11 is 0. The molecule has 1 saturated carbocycles. The zero-order valence-corrected chi connectivity index (χ0v) is 15.9. The number of allylic oxidation sites excluding steroid dienone is 1. The van der Waals surface area contributed by atoms with E-state index in [0.29, 0.717) is 5.92 Å². The molecule has 0 heterocycles. The summed E-state index contributed by atoms with van der Waals surface area (Å²) in [6.07, 6.45) is 7.99. The molecule has 0 aromatic heterocycles. The van der Waals surface area contributed by atoms with Crippen molar-refractivity contribution < 1.29 is 0 Å². The van der Waals surface area contributed by atoms with E-state index in [1.807, 2.05) is 7.05 Å². The average Bonchev–Trinajstić information content (AvgIpc) is 2.97. The van der Waals surface area contributed by atoms with Crippen LogP contribution in [0.3, 0.4) is 0 Å². The molecule has 0 atom stereocenters. The minimum absolute atomic E-state index is 0.624. The van der Waals surface area contributed by atoms with E-state index < -0.39 is 0 Å². The van der Waals surface area contributed by atoms with Gasteiger partial charge in [0.05, 0.1) is 0 Å². The SMILES string of the molecule is C=C(Nc1ccc(CNc2ccc(NC)cc2)cc1)C1CCCCCC1. The van der Waals surface area contributed by atoms with E-state index in [9.17, 15) is 0 Å². The van der Waals surface area contributed by atoms with Crippen molar-refractivity contribution in [3.63, 3.8) is 0 Å². The molecule has 0 amide bonds. The number of anilines is 3. The summed E-state index contributed by atoms with van der Waals surface area (Å²) in [6.45, 7) is 5.12. The van der Waals surface area contributed by atoms with Crippen LogP contribution in [0.1, 0.15) is 44.1 Å². The fourth-order valence-corrected chi connectivity index (χ4v) is 3.58. The third kappa shape index (κ3) is 5.29. The number of benzene rings is 2. The van der Waals surface area contributed by atoms with Gasteiger partial charge in [0.25, 0.3) is 0 Å². The van der Waals surface area contributed by atoms with Gasteiger partial charge in [0.1, 0.15) is 0 Å². The molecular weight excluding hydrogens is 318 g/mol. The highest BCUT2D eigenvalue weighted by Crippen LogP contribution is 2.28. The lowest BCUT2D eigenvalue weighted by Gasteiger charge is -2.19. The highest BCUT2D eigenvalue weighted by atomic mass is 14.9. The van der Waals surface area contributed by atoms with Crippen molar-refractivity contribution in [1.82, 2.24) is 0 Å². The molecule has 1 aliphatic rings. The number of hydrogen-bond acceptors (Lipinski definition) is 3. The number of hydrogen-bond donors (Lipinski definition) is 3. The highest BCUT2D eigenvalue weighted by Gasteiger charge is 2.15. The first kappa shape index (κ1) is 18.4. The van der Waals surface area contributed by atoms with Crippen molar-refractivity contribution in [1.29, 1.82) is 0 Å². The summed E-state index contributed by atoms with van der Waals surface area (Å²) < 4.78 is 0. The molecule has 26 heavy (non-hydrogen) atoms. The van der Waals surface area contributed by atoms with Crippen LogP contribution in [0.25, 0.3) is 0 Å². The molecule has 0 aliphatic heterocycles. The Labute approximate surface area is 157 Å². The molecule has 3 N–H and O–H groups in total. The lowest BCUT2D eigenvalue weighted by atomic mass is 9.97. The van der Waals surface area contributed by atoms with Gasteiger partial charge in [0, 0.05) is 36.4 Å². The van der Waals surface area contributed by atoms with Crippen LogP contribution in [0, 0.1) is 5.92 Å². The number of nitrogens with one attached hydrogen (secondary N) is 3. The van der Waals surface area contributed by atoms with E-state index in [0.717, 1.165) is 23.6 Å². The first-order valence-corrected chi connectivity index (χ1v) is 9.81. The Morgan fingerprint density at radius 3 is 2.04 bits per heavy atom. The molecule has 2 aromatic carbocycles. The molecule has 1 fully saturated rings. The zero-order valence-electron chi connectivity index (χ0n) is 15.9. The van der Waals surface area contributed by atoms with Gasteiger partial charge in [0.2, 0.25) is 0 Å². The smallest absolute Gasteiger partial charge is 0.0400 e. The summed E-state index contributed by atoms with van der Waals surface area (Å²) in [5, 5.41) is 10.1. The van der Waals surface area contributed by atoms with Crippen molar-refractivity contribution in [3.05, 3.63) is 66.4 Å². The molecule has 138 valence electrons. The molecule has 2 aromatic rings. The van der Waals surface area contributed by atoms with Crippen molar-refractivity contribution in [2.75, 3.05) is 23.0 Å². The summed E-state index contributed by atoms with van der Waals surface area (Å²) in [6, 6.07) is 17.0. The van der Waals surface area contributed by atoms with Gasteiger partial charge in [-0.05, 0) is 60.7 Å². The minimum atomic E-state index is 0.624. The van der Waals surface area contributed by atoms with Crippen LogP contribution in [-0.2, 0) is 6.54 Å². The maximum absolute atomic E-state index is 4.30. The second kappa shape index (κ2) is 9.33. The minimum Gasteiger partial charge on any atom is -0.388 e. The van der Waals surface area contributed by atoms with E-state index in [2.05, 4.69) is 71.1 Å². The Balaban J connectivity index is 1.50. The van der Waals surface area contributed by atoms with E-state index >= 15 is 0 Å². The Morgan fingerprint density at radius 1 is 0.846 bits per heavy atom. The Hall–Kier alpha value is -2.42. The fourth-order valence-electron chi connectivity index (χ4n) is 3.58. The van der Waals surface area contributed by atoms with Gasteiger partial charge >= 0.3 is 0 Å². The van der Waals surface area contributed by atoms with Gasteiger partial charge in [-0.2, -0.15) is 0 Å². The van der Waals surface area contributed by atoms with Crippen LogP contribution in [0.15, 0.2) is 60.8 Å². The Bertz CT molecular complexity index is 680. The Morgan fingerprint density at radius 2 is 1.42 bits per heavy atom. The average molecular weight is 350 g/mol. The second-order valence-corrected chi connectivity index (χ2v) is 7.22. The lowest BCUT2D eigenvalue weighted by Crippen LogP contribution is -2.10. The summed E-state index contributed by atoms with van der Waals surface area (Å²) in [4.78, 5) is 0. The van der Waals surface area contributed by atoms with Crippen molar-refractivity contribution in [2.24, 2.45) is 5.92 Å². The largest absolute Gasteiger partial charge is 0.388 e. The van der Waals surface area contributed by atoms with Crippen molar-refractivity contribution >= 4 is 17.1 Å². The number of rotatable bonds is 7. The van der Waals surface area contributed by atoms with E-state index in [1.165, 1.54) is 49.8 Å². The normalized spacial score (nSPS) is 15.1. The fraction of sp³-hybridized carbons (Fsp3) is 0.391. The predicted octanol–water partition coefficient (Wildman–Crippen LogP) is 6.24. The standard InChI is InChI=1S/C23H31N3/c1-18(20-7-5-3-4-6-8-20)26-23-11-9-19(10-12-23)17-25-22-15-13-21(24-2)14-16-22/h9-16,20,24-26H,1,3-8,17H2,2H3. The topological polar surface area (TPSA) is 36.1 Å². The predicted molar refractivity (Wildman–Crippen MR) is 114 cm³/mol. The third-order valence-corrected chi connectivity index (χ3v) is 5.28. The molecular formula is C23H31N3. The zero-order chi connectivity index (χ0) is 18.2. The van der Waals surface area contributed by atoms with Gasteiger partial charge in [-0.1, -0.05) is 44.4 Å². The van der Waals surface area contributed by atoms with Gasteiger partial charge in [0.15, 0.2) is 0 Å². The first-order chi connectivity index (χ1) is 12.7. The van der Waals surface area contributed by atoms with Crippen molar-refractivity contribution in [3.8, 4) is 0 Å². The first-order valence-electron chi connectivity index (χ1n) is 9.81. The van der Waals surface area contributed by atoms with Gasteiger partial charge in [-0.15, -0.1) is 0 Å². The highest BCUT2D eigenvalue weighted by molar-refractivity contribution is 5.54. The van der Waals surface area contributed by atoms with Gasteiger partial charge in [-0.3, -0.25) is 0 Å². The molecule has 3 rings (SSSR count). The molecule has 0 bridgehead atoms. The Kier molecular flexibility index (Phi) is 6.59. The maximum atomic E-state index is 4.30. The molecule has 0 saturated heterocycles. The third-order valence-electron chi connectivity index (χ3n) is 5.28. The van der Waals surface area contributed by atoms with Gasteiger partial charge in [-0.25, -0.2) is 0 Å². The van der Waals surface area contributed by atoms with E-state index in [1.54, 1.807) is 0 Å². The summed E-state index contributed by atoms with van der Waals surface area (Å²) in [5.74, 6) is 0.624. The van der Waals surface area contributed by atoms with Crippen LogP contribution in [0.4, 0.5) is 17.1 Å². The maximum Gasteiger partial charge on any atom is 0.0400 e. The quantitative estimate of drug-likeness (QED) is 0.518. The molecule has 0 spiro atoms. The molecule has 0 radical (unpaired) electrons. The van der Waals surface area contributed by atoms with Crippen LogP contribution >= 0.6 is 0 Å².